The van der Waals surface area contributed by atoms with E-state index in [0.29, 0.717) is 11.4 Å². The third-order valence-corrected chi connectivity index (χ3v) is 5.56. The molecule has 8 heteroatoms. The van der Waals surface area contributed by atoms with Crippen LogP contribution < -0.4 is 9.46 Å². The third kappa shape index (κ3) is 4.20. The van der Waals surface area contributed by atoms with Crippen molar-refractivity contribution in [3.05, 3.63) is 71.1 Å². The second-order valence-corrected chi connectivity index (χ2v) is 7.83. The summed E-state index contributed by atoms with van der Waals surface area (Å²) in [6, 6.07) is 13.5. The molecule has 0 aliphatic carbocycles. The maximum atomic E-state index is 13.1. The Balaban J connectivity index is 1.88. The Morgan fingerprint density at radius 1 is 1.07 bits per heavy atom. The molecule has 0 aliphatic heterocycles. The van der Waals surface area contributed by atoms with Gasteiger partial charge in [-0.05, 0) is 55.0 Å². The number of halogens is 2. The van der Waals surface area contributed by atoms with Gasteiger partial charge in [0.15, 0.2) is 0 Å². The van der Waals surface area contributed by atoms with Crippen LogP contribution in [0.3, 0.4) is 0 Å². The lowest BCUT2D eigenvalue weighted by Gasteiger charge is -2.11. The van der Waals surface area contributed by atoms with Crippen LogP contribution in [0.1, 0.15) is 5.69 Å². The Morgan fingerprint density at radius 2 is 1.78 bits per heavy atom. The zero-order valence-corrected chi connectivity index (χ0v) is 16.1. The lowest BCUT2D eigenvalue weighted by atomic mass is 10.0. The quantitative estimate of drug-likeness (QED) is 0.669. The van der Waals surface area contributed by atoms with Gasteiger partial charge < -0.3 is 4.74 Å². The molecular weight excluding hydrogens is 391 g/mol. The van der Waals surface area contributed by atoms with Crippen LogP contribution in [0, 0.1) is 12.7 Å². The molecule has 3 rings (SSSR count). The maximum Gasteiger partial charge on any atom is 0.263 e. The minimum atomic E-state index is -3.86. The summed E-state index contributed by atoms with van der Waals surface area (Å²) in [5.74, 6) is 0.227. The first-order valence-electron chi connectivity index (χ1n) is 7.90. The van der Waals surface area contributed by atoms with Crippen LogP contribution in [0.4, 0.5) is 10.2 Å². The van der Waals surface area contributed by atoms with Crippen molar-refractivity contribution in [1.82, 2.24) is 4.98 Å². The predicted octanol–water partition coefficient (Wildman–Crippen LogP) is 4.66. The van der Waals surface area contributed by atoms with Gasteiger partial charge in [-0.3, -0.25) is 4.72 Å². The van der Waals surface area contributed by atoms with Crippen molar-refractivity contribution >= 4 is 27.4 Å². The normalized spacial score (nSPS) is 11.3. The van der Waals surface area contributed by atoms with Gasteiger partial charge in [-0.2, -0.15) is 0 Å². The van der Waals surface area contributed by atoms with Crippen molar-refractivity contribution in [3.63, 3.8) is 0 Å². The van der Waals surface area contributed by atoms with E-state index < -0.39 is 10.0 Å². The number of hydrogen-bond donors (Lipinski definition) is 1. The average Bonchev–Trinajstić information content (AvgIpc) is 2.62. The minimum absolute atomic E-state index is 0.00429. The molecule has 1 aromatic heterocycles. The highest BCUT2D eigenvalue weighted by Crippen LogP contribution is 2.28. The Labute approximate surface area is 161 Å². The Bertz CT molecular complexity index is 1090. The molecule has 0 amide bonds. The number of rotatable bonds is 5. The molecule has 27 heavy (non-hydrogen) atoms. The molecule has 3 aromatic rings. The summed E-state index contributed by atoms with van der Waals surface area (Å²) in [7, 11) is -2.42. The van der Waals surface area contributed by atoms with E-state index in [-0.39, 0.29) is 21.6 Å². The Kier molecular flexibility index (Phi) is 5.34. The molecule has 0 fully saturated rings. The molecule has 0 aliphatic rings. The maximum absolute atomic E-state index is 13.1. The van der Waals surface area contributed by atoms with Crippen LogP contribution in [-0.2, 0) is 10.0 Å². The van der Waals surface area contributed by atoms with E-state index in [9.17, 15) is 12.8 Å². The molecule has 0 unspecified atom stereocenters. The molecule has 5 nitrogen and oxygen atoms in total. The van der Waals surface area contributed by atoms with E-state index in [1.54, 1.807) is 31.2 Å². The van der Waals surface area contributed by atoms with Crippen LogP contribution in [0.15, 0.2) is 59.5 Å². The number of aryl methyl sites for hydroxylation is 1. The largest absolute Gasteiger partial charge is 0.495 e. The zero-order valence-electron chi connectivity index (χ0n) is 14.5. The number of sulfonamides is 1. The summed E-state index contributed by atoms with van der Waals surface area (Å²) in [6.07, 6.45) is 0. The summed E-state index contributed by atoms with van der Waals surface area (Å²) in [5, 5.41) is 0.191. The average molecular weight is 407 g/mol. The second-order valence-electron chi connectivity index (χ2n) is 5.74. The van der Waals surface area contributed by atoms with Gasteiger partial charge in [0.05, 0.1) is 17.0 Å². The number of nitrogens with one attached hydrogen (secondary N) is 1. The molecule has 0 spiro atoms. The van der Waals surface area contributed by atoms with Gasteiger partial charge in [0, 0.05) is 11.3 Å². The van der Waals surface area contributed by atoms with E-state index >= 15 is 0 Å². The monoisotopic (exact) mass is 406 g/mol. The number of pyridine rings is 1. The number of anilines is 1. The van der Waals surface area contributed by atoms with Crippen LogP contribution in [0.2, 0.25) is 5.02 Å². The number of benzene rings is 2. The molecule has 1 heterocycles. The Hall–Kier alpha value is -2.64. The fraction of sp³-hybridized carbons (Fsp3) is 0.105. The molecule has 140 valence electrons. The fourth-order valence-electron chi connectivity index (χ4n) is 2.56. The van der Waals surface area contributed by atoms with Gasteiger partial charge in [-0.25, -0.2) is 17.8 Å². The van der Waals surface area contributed by atoms with Gasteiger partial charge in [-0.15, -0.1) is 0 Å². The van der Waals surface area contributed by atoms with Crippen LogP contribution in [0.25, 0.3) is 11.1 Å². The summed E-state index contributed by atoms with van der Waals surface area (Å²) in [5.41, 5.74) is 2.18. The lowest BCUT2D eigenvalue weighted by molar-refractivity contribution is 0.414. The molecule has 0 saturated carbocycles. The summed E-state index contributed by atoms with van der Waals surface area (Å²) in [6.45, 7) is 1.75. The molecule has 0 saturated heterocycles. The van der Waals surface area contributed by atoms with Crippen LogP contribution in [0.5, 0.6) is 5.75 Å². The highest BCUT2D eigenvalue weighted by atomic mass is 35.5. The number of hydrogen-bond acceptors (Lipinski definition) is 4. The first-order chi connectivity index (χ1) is 12.8. The fourth-order valence-corrected chi connectivity index (χ4v) is 3.91. The third-order valence-electron chi connectivity index (χ3n) is 3.91. The molecular formula is C19H16ClFN2O3S. The highest BCUT2D eigenvalue weighted by molar-refractivity contribution is 7.92. The first-order valence-corrected chi connectivity index (χ1v) is 9.76. The van der Waals surface area contributed by atoms with Crippen molar-refractivity contribution in [1.29, 1.82) is 0 Å². The standard InChI is InChI=1S/C19H16ClFN2O3S/c1-12-16(13-3-5-14(21)6-4-13)8-10-19(22-12)23-27(24,25)15-7-9-18(26-2)17(20)11-15/h3-11H,1-2H3,(H,22,23). The first kappa shape index (κ1) is 19.1. The SMILES string of the molecule is COc1ccc(S(=O)(=O)Nc2ccc(-c3ccc(F)cc3)c(C)n2)cc1Cl. The molecule has 2 aromatic carbocycles. The summed E-state index contributed by atoms with van der Waals surface area (Å²) < 4.78 is 45.7. The molecule has 1 N–H and O–H groups in total. The van der Waals surface area contributed by atoms with Crippen molar-refractivity contribution < 1.29 is 17.5 Å². The van der Waals surface area contributed by atoms with E-state index in [2.05, 4.69) is 9.71 Å². The molecule has 0 atom stereocenters. The van der Waals surface area contributed by atoms with E-state index in [1.165, 1.54) is 37.4 Å². The molecule has 0 radical (unpaired) electrons. The van der Waals surface area contributed by atoms with E-state index in [4.69, 9.17) is 16.3 Å². The van der Waals surface area contributed by atoms with Gasteiger partial charge in [0.2, 0.25) is 0 Å². The van der Waals surface area contributed by atoms with Crippen molar-refractivity contribution in [3.8, 4) is 16.9 Å². The topological polar surface area (TPSA) is 68.3 Å². The number of aromatic nitrogens is 1. The smallest absolute Gasteiger partial charge is 0.263 e. The van der Waals surface area contributed by atoms with Gasteiger partial charge in [0.25, 0.3) is 10.0 Å². The van der Waals surface area contributed by atoms with Crippen molar-refractivity contribution in [2.24, 2.45) is 0 Å². The Morgan fingerprint density at radius 3 is 2.37 bits per heavy atom. The minimum Gasteiger partial charge on any atom is -0.495 e. The number of nitrogens with zero attached hydrogens (tertiary/aromatic N) is 1. The summed E-state index contributed by atoms with van der Waals surface area (Å²) in [4.78, 5) is 4.29. The highest BCUT2D eigenvalue weighted by Gasteiger charge is 2.17. The zero-order chi connectivity index (χ0) is 19.6. The summed E-state index contributed by atoms with van der Waals surface area (Å²) >= 11 is 6.00. The van der Waals surface area contributed by atoms with Crippen molar-refractivity contribution in [2.75, 3.05) is 11.8 Å². The predicted molar refractivity (Wildman–Crippen MR) is 103 cm³/mol. The second kappa shape index (κ2) is 7.54. The van der Waals surface area contributed by atoms with Gasteiger partial charge in [-0.1, -0.05) is 23.7 Å². The van der Waals surface area contributed by atoms with Crippen LogP contribution >= 0.6 is 11.6 Å². The van der Waals surface area contributed by atoms with Gasteiger partial charge >= 0.3 is 0 Å². The molecule has 0 bridgehead atoms. The number of ether oxygens (including phenoxy) is 1. The number of methoxy groups -OCH3 is 1. The van der Waals surface area contributed by atoms with E-state index in [0.717, 1.165) is 11.1 Å². The lowest BCUT2D eigenvalue weighted by Crippen LogP contribution is -2.14. The van der Waals surface area contributed by atoms with Crippen molar-refractivity contribution in [2.45, 2.75) is 11.8 Å². The van der Waals surface area contributed by atoms with E-state index in [1.807, 2.05) is 0 Å². The van der Waals surface area contributed by atoms with Gasteiger partial charge in [0.1, 0.15) is 17.4 Å². The van der Waals surface area contributed by atoms with Crippen LogP contribution in [-0.4, -0.2) is 20.5 Å².